The number of ether oxygens (including phenoxy) is 1. The van der Waals surface area contributed by atoms with Crippen LogP contribution in [-0.2, 0) is 16.1 Å². The molecule has 3 rings (SSSR count). The molecule has 0 bridgehead atoms. The third kappa shape index (κ3) is 3.36. The van der Waals surface area contributed by atoms with Crippen molar-refractivity contribution in [3.63, 3.8) is 0 Å². The van der Waals surface area contributed by atoms with Crippen LogP contribution >= 0.6 is 0 Å². The Labute approximate surface area is 136 Å². The lowest BCUT2D eigenvalue weighted by molar-refractivity contribution is -0.122. The lowest BCUT2D eigenvalue weighted by Gasteiger charge is -2.43. The first-order chi connectivity index (χ1) is 11.2. The van der Waals surface area contributed by atoms with Gasteiger partial charge in [0.25, 0.3) is 0 Å². The number of fused-ring (bicyclic) bond motifs is 1. The van der Waals surface area contributed by atoms with E-state index in [2.05, 4.69) is 6.58 Å². The van der Waals surface area contributed by atoms with E-state index in [0.29, 0.717) is 13.0 Å². The van der Waals surface area contributed by atoms with Crippen molar-refractivity contribution in [2.45, 2.75) is 25.5 Å². The summed E-state index contributed by atoms with van der Waals surface area (Å²) >= 11 is 0. The van der Waals surface area contributed by atoms with E-state index in [1.54, 1.807) is 11.0 Å². The maximum atomic E-state index is 12.5. The van der Waals surface area contributed by atoms with Crippen LogP contribution in [0, 0.1) is 11.8 Å². The van der Waals surface area contributed by atoms with Gasteiger partial charge in [0, 0.05) is 18.5 Å². The number of ketones is 1. The fourth-order valence-corrected chi connectivity index (χ4v) is 3.39. The molecule has 120 valence electrons. The van der Waals surface area contributed by atoms with Gasteiger partial charge in [0.05, 0.1) is 0 Å². The third-order valence-corrected chi connectivity index (χ3v) is 4.65. The fraction of sp³-hybridized carbons (Fsp3) is 0.368. The summed E-state index contributed by atoms with van der Waals surface area (Å²) in [6.07, 6.45) is 6.45. The first-order valence-corrected chi connectivity index (χ1v) is 7.99. The molecule has 1 aliphatic heterocycles. The molecular formula is C19H21NO3. The molecule has 1 aliphatic carbocycles. The molecule has 0 saturated carbocycles. The highest BCUT2D eigenvalue weighted by Crippen LogP contribution is 2.34. The Kier molecular flexibility index (Phi) is 4.60. The summed E-state index contributed by atoms with van der Waals surface area (Å²) in [4.78, 5) is 26.4. The number of rotatable bonds is 3. The van der Waals surface area contributed by atoms with Gasteiger partial charge in [-0.1, -0.05) is 42.5 Å². The van der Waals surface area contributed by atoms with Crippen LogP contribution in [0.1, 0.15) is 18.4 Å². The third-order valence-electron chi connectivity index (χ3n) is 4.65. The summed E-state index contributed by atoms with van der Waals surface area (Å²) in [5.41, 5.74) is 0.953. The summed E-state index contributed by atoms with van der Waals surface area (Å²) < 4.78 is 5.46. The number of hydrogen-bond donors (Lipinski definition) is 0. The van der Waals surface area contributed by atoms with E-state index in [4.69, 9.17) is 4.74 Å². The van der Waals surface area contributed by atoms with Crippen molar-refractivity contribution in [2.75, 3.05) is 6.54 Å². The average molecular weight is 311 g/mol. The van der Waals surface area contributed by atoms with Crippen molar-refractivity contribution in [3.05, 3.63) is 60.7 Å². The molecule has 3 atom stereocenters. The van der Waals surface area contributed by atoms with E-state index in [9.17, 15) is 9.59 Å². The number of hydrogen-bond acceptors (Lipinski definition) is 3. The molecule has 0 radical (unpaired) electrons. The van der Waals surface area contributed by atoms with E-state index in [-0.39, 0.29) is 36.4 Å². The van der Waals surface area contributed by atoms with Crippen LogP contribution < -0.4 is 0 Å². The van der Waals surface area contributed by atoms with Crippen molar-refractivity contribution in [1.29, 1.82) is 0 Å². The molecule has 4 heteroatoms. The summed E-state index contributed by atoms with van der Waals surface area (Å²) in [6.45, 7) is 4.64. The molecule has 1 amide bonds. The van der Waals surface area contributed by atoms with Gasteiger partial charge in [-0.15, -0.1) is 6.58 Å². The molecule has 4 nitrogen and oxygen atoms in total. The predicted molar refractivity (Wildman–Crippen MR) is 87.7 cm³/mol. The molecule has 0 spiro atoms. The molecule has 1 aromatic carbocycles. The van der Waals surface area contributed by atoms with Crippen molar-refractivity contribution >= 4 is 11.9 Å². The topological polar surface area (TPSA) is 46.6 Å². The zero-order valence-corrected chi connectivity index (χ0v) is 13.1. The summed E-state index contributed by atoms with van der Waals surface area (Å²) in [7, 11) is 0. The van der Waals surface area contributed by atoms with Gasteiger partial charge in [-0.2, -0.15) is 0 Å². The van der Waals surface area contributed by atoms with Crippen LogP contribution in [0.2, 0.25) is 0 Å². The number of carbonyl (C=O) groups excluding carboxylic acids is 2. The Balaban J connectivity index is 1.71. The van der Waals surface area contributed by atoms with Crippen molar-refractivity contribution in [2.24, 2.45) is 11.8 Å². The molecule has 0 N–H and O–H groups in total. The second-order valence-electron chi connectivity index (χ2n) is 6.14. The number of nitrogens with zero attached hydrogens (tertiary/aromatic N) is 1. The molecule has 1 heterocycles. The maximum Gasteiger partial charge on any atom is 0.410 e. The molecule has 1 saturated heterocycles. The summed E-state index contributed by atoms with van der Waals surface area (Å²) in [5, 5.41) is 0. The highest BCUT2D eigenvalue weighted by molar-refractivity contribution is 5.93. The van der Waals surface area contributed by atoms with Gasteiger partial charge in [-0.3, -0.25) is 4.79 Å². The quantitative estimate of drug-likeness (QED) is 0.804. The number of amides is 1. The van der Waals surface area contributed by atoms with E-state index in [0.717, 1.165) is 12.0 Å². The van der Waals surface area contributed by atoms with Crippen LogP contribution in [0.3, 0.4) is 0 Å². The standard InChI is InChI=1S/C19H21NO3/c1-2-14-11-16-17(9-6-10-18(16)21)20(12-14)19(22)23-13-15-7-4-3-5-8-15/h2-8,10,14,16-17H,1,9,11-13H2/t14-,16+,17+/m1/s1. The minimum Gasteiger partial charge on any atom is -0.445 e. The van der Waals surface area contributed by atoms with Crippen LogP contribution in [0.4, 0.5) is 4.79 Å². The lowest BCUT2D eigenvalue weighted by atomic mass is 9.77. The zero-order valence-electron chi connectivity index (χ0n) is 13.1. The highest BCUT2D eigenvalue weighted by Gasteiger charge is 2.41. The number of piperidine rings is 1. The van der Waals surface area contributed by atoms with Gasteiger partial charge < -0.3 is 9.64 Å². The number of benzene rings is 1. The second-order valence-corrected chi connectivity index (χ2v) is 6.14. The van der Waals surface area contributed by atoms with Crippen LogP contribution in [-0.4, -0.2) is 29.4 Å². The molecule has 0 aromatic heterocycles. The van der Waals surface area contributed by atoms with E-state index >= 15 is 0 Å². The van der Waals surface area contributed by atoms with Crippen molar-refractivity contribution in [3.8, 4) is 0 Å². The Morgan fingerprint density at radius 1 is 1.35 bits per heavy atom. The van der Waals surface area contributed by atoms with Crippen LogP contribution in [0.5, 0.6) is 0 Å². The average Bonchev–Trinajstić information content (AvgIpc) is 2.60. The van der Waals surface area contributed by atoms with E-state index < -0.39 is 0 Å². The summed E-state index contributed by atoms with van der Waals surface area (Å²) in [5.74, 6) is 0.102. The number of carbonyl (C=O) groups is 2. The van der Waals surface area contributed by atoms with E-state index in [1.165, 1.54) is 0 Å². The number of allylic oxidation sites excluding steroid dienone is 1. The van der Waals surface area contributed by atoms with Crippen LogP contribution in [0.25, 0.3) is 0 Å². The monoisotopic (exact) mass is 311 g/mol. The SMILES string of the molecule is C=C[C@@H]1C[C@@H]2C(=O)C=CC[C@@H]2N(C(=O)OCc2ccccc2)C1. The van der Waals surface area contributed by atoms with Gasteiger partial charge in [0.15, 0.2) is 5.78 Å². The molecule has 23 heavy (non-hydrogen) atoms. The largest absolute Gasteiger partial charge is 0.445 e. The highest BCUT2D eigenvalue weighted by atomic mass is 16.6. The Morgan fingerprint density at radius 3 is 2.87 bits per heavy atom. The number of likely N-dealkylation sites (tertiary alicyclic amines) is 1. The van der Waals surface area contributed by atoms with Gasteiger partial charge in [0.1, 0.15) is 6.61 Å². The maximum absolute atomic E-state index is 12.5. The molecular weight excluding hydrogens is 290 g/mol. The Hall–Kier alpha value is -2.36. The van der Waals surface area contributed by atoms with Gasteiger partial charge in [0.2, 0.25) is 0 Å². The van der Waals surface area contributed by atoms with Gasteiger partial charge in [-0.05, 0) is 30.4 Å². The molecule has 1 fully saturated rings. The van der Waals surface area contributed by atoms with E-state index in [1.807, 2.05) is 42.5 Å². The predicted octanol–water partition coefficient (Wildman–Crippen LogP) is 3.34. The normalized spacial score (nSPS) is 26.5. The van der Waals surface area contributed by atoms with Crippen molar-refractivity contribution in [1.82, 2.24) is 4.90 Å². The minimum atomic E-state index is -0.349. The first kappa shape index (κ1) is 15.5. The van der Waals surface area contributed by atoms with Crippen LogP contribution in [0.15, 0.2) is 55.1 Å². The first-order valence-electron chi connectivity index (χ1n) is 7.99. The Bertz CT molecular complexity index is 623. The summed E-state index contributed by atoms with van der Waals surface area (Å²) in [6, 6.07) is 9.51. The van der Waals surface area contributed by atoms with Crippen molar-refractivity contribution < 1.29 is 14.3 Å². The minimum absolute atomic E-state index is 0.0908. The zero-order chi connectivity index (χ0) is 16.2. The smallest absolute Gasteiger partial charge is 0.410 e. The molecule has 0 unspecified atom stereocenters. The second kappa shape index (κ2) is 6.82. The molecule has 2 aliphatic rings. The van der Waals surface area contributed by atoms with Gasteiger partial charge >= 0.3 is 6.09 Å². The fourth-order valence-electron chi connectivity index (χ4n) is 3.39. The lowest BCUT2D eigenvalue weighted by Crippen LogP contribution is -2.54. The molecule has 1 aromatic rings. The van der Waals surface area contributed by atoms with Gasteiger partial charge in [-0.25, -0.2) is 4.79 Å². The Morgan fingerprint density at radius 2 is 2.13 bits per heavy atom.